The molecule has 0 spiro atoms. The van der Waals surface area contributed by atoms with Crippen molar-refractivity contribution >= 4 is 0 Å². The van der Waals surface area contributed by atoms with Gasteiger partial charge in [-0.2, -0.15) is 0 Å². The molecule has 0 saturated heterocycles. The van der Waals surface area contributed by atoms with Gasteiger partial charge in [0.15, 0.2) is 0 Å². The molecule has 0 amide bonds. The van der Waals surface area contributed by atoms with Crippen LogP contribution in [0.4, 0.5) is 8.78 Å². The van der Waals surface area contributed by atoms with Crippen molar-refractivity contribution < 1.29 is 8.78 Å². The van der Waals surface area contributed by atoms with Crippen LogP contribution in [0.3, 0.4) is 0 Å². The van der Waals surface area contributed by atoms with Gasteiger partial charge in [0.25, 0.3) is 0 Å². The zero-order valence-corrected chi connectivity index (χ0v) is 14.6. The monoisotopic (exact) mass is 330 g/mol. The maximum Gasteiger partial charge on any atom is 0.127 e. The van der Waals surface area contributed by atoms with Crippen LogP contribution in [0.2, 0.25) is 0 Å². The zero-order valence-electron chi connectivity index (χ0n) is 14.6. The van der Waals surface area contributed by atoms with Gasteiger partial charge in [-0.15, -0.1) is 6.58 Å². The SMILES string of the molecule is C=CCC1C=CC(c2cc(F)c(C3CCC(C)CC3)cc2F)CC1. The Morgan fingerprint density at radius 3 is 2.25 bits per heavy atom. The lowest BCUT2D eigenvalue weighted by Gasteiger charge is -2.28. The Balaban J connectivity index is 1.78. The van der Waals surface area contributed by atoms with Crippen LogP contribution in [0.5, 0.6) is 0 Å². The van der Waals surface area contributed by atoms with Crippen molar-refractivity contribution in [3.05, 3.63) is 59.7 Å². The summed E-state index contributed by atoms with van der Waals surface area (Å²) >= 11 is 0. The van der Waals surface area contributed by atoms with E-state index in [9.17, 15) is 8.78 Å². The summed E-state index contributed by atoms with van der Waals surface area (Å²) in [6.45, 7) is 6.01. The predicted octanol–water partition coefficient (Wildman–Crippen LogP) is 6.88. The van der Waals surface area contributed by atoms with E-state index in [-0.39, 0.29) is 23.5 Å². The van der Waals surface area contributed by atoms with E-state index in [2.05, 4.69) is 25.7 Å². The van der Waals surface area contributed by atoms with Crippen LogP contribution in [0.15, 0.2) is 36.9 Å². The van der Waals surface area contributed by atoms with Crippen LogP contribution >= 0.6 is 0 Å². The summed E-state index contributed by atoms with van der Waals surface area (Å²) < 4.78 is 29.3. The van der Waals surface area contributed by atoms with Crippen LogP contribution in [-0.2, 0) is 0 Å². The number of hydrogen-bond acceptors (Lipinski definition) is 0. The third-order valence-electron chi connectivity index (χ3n) is 5.90. The highest BCUT2D eigenvalue weighted by Crippen LogP contribution is 2.39. The highest BCUT2D eigenvalue weighted by Gasteiger charge is 2.26. The van der Waals surface area contributed by atoms with E-state index in [1.165, 1.54) is 12.1 Å². The van der Waals surface area contributed by atoms with Gasteiger partial charge in [-0.05, 0) is 73.1 Å². The summed E-state index contributed by atoms with van der Waals surface area (Å²) in [7, 11) is 0. The molecule has 0 aliphatic heterocycles. The Morgan fingerprint density at radius 2 is 1.62 bits per heavy atom. The molecular formula is C22H28F2. The molecule has 2 aliphatic rings. The molecule has 0 bridgehead atoms. The Labute approximate surface area is 144 Å². The Hall–Kier alpha value is -1.44. The maximum absolute atomic E-state index is 14.7. The molecule has 0 nitrogen and oxygen atoms in total. The molecule has 0 N–H and O–H groups in total. The second kappa shape index (κ2) is 7.63. The standard InChI is InChI=1S/C22H28F2/c1-3-4-16-7-11-18(12-8-16)20-14-21(23)19(13-22(20)24)17-9-5-15(2)6-10-17/h3,7,11,13-18H,1,4-6,8-10,12H2,2H3. The minimum absolute atomic E-state index is 0.000920. The third-order valence-corrected chi connectivity index (χ3v) is 5.90. The van der Waals surface area contributed by atoms with Crippen LogP contribution < -0.4 is 0 Å². The molecule has 1 saturated carbocycles. The van der Waals surface area contributed by atoms with Gasteiger partial charge >= 0.3 is 0 Å². The summed E-state index contributed by atoms with van der Waals surface area (Å²) in [4.78, 5) is 0. The van der Waals surface area contributed by atoms with Crippen LogP contribution in [-0.4, -0.2) is 0 Å². The van der Waals surface area contributed by atoms with Crippen molar-refractivity contribution in [3.8, 4) is 0 Å². The van der Waals surface area contributed by atoms with Gasteiger partial charge in [-0.3, -0.25) is 0 Å². The van der Waals surface area contributed by atoms with Gasteiger partial charge in [0.1, 0.15) is 11.6 Å². The molecule has 1 aromatic carbocycles. The number of halogens is 2. The zero-order chi connectivity index (χ0) is 17.1. The van der Waals surface area contributed by atoms with Crippen molar-refractivity contribution in [1.29, 1.82) is 0 Å². The fourth-order valence-electron chi connectivity index (χ4n) is 4.29. The first-order chi connectivity index (χ1) is 11.6. The number of hydrogen-bond donors (Lipinski definition) is 0. The summed E-state index contributed by atoms with van der Waals surface area (Å²) in [6, 6.07) is 2.94. The quantitative estimate of drug-likeness (QED) is 0.528. The van der Waals surface area contributed by atoms with Crippen molar-refractivity contribution in [2.24, 2.45) is 11.8 Å². The molecule has 0 aromatic heterocycles. The lowest BCUT2D eigenvalue weighted by atomic mass is 9.78. The van der Waals surface area contributed by atoms with E-state index in [0.717, 1.165) is 44.9 Å². The van der Waals surface area contributed by atoms with Crippen molar-refractivity contribution in [3.63, 3.8) is 0 Å². The van der Waals surface area contributed by atoms with E-state index >= 15 is 0 Å². The molecule has 24 heavy (non-hydrogen) atoms. The molecular weight excluding hydrogens is 302 g/mol. The van der Waals surface area contributed by atoms with Gasteiger partial charge in [0.2, 0.25) is 0 Å². The number of rotatable bonds is 4. The highest BCUT2D eigenvalue weighted by atomic mass is 19.1. The first kappa shape index (κ1) is 17.4. The molecule has 130 valence electrons. The largest absolute Gasteiger partial charge is 0.207 e. The molecule has 1 fully saturated rings. The maximum atomic E-state index is 14.7. The Morgan fingerprint density at radius 1 is 0.958 bits per heavy atom. The average Bonchev–Trinajstić information content (AvgIpc) is 2.59. The second-order valence-corrected chi connectivity index (χ2v) is 7.71. The van der Waals surface area contributed by atoms with Crippen molar-refractivity contribution in [1.82, 2.24) is 0 Å². The minimum atomic E-state index is -0.234. The summed E-state index contributed by atoms with van der Waals surface area (Å²) in [5, 5.41) is 0. The van der Waals surface area contributed by atoms with Gasteiger partial charge in [0.05, 0.1) is 0 Å². The first-order valence-corrected chi connectivity index (χ1v) is 9.36. The fourth-order valence-corrected chi connectivity index (χ4v) is 4.29. The average molecular weight is 330 g/mol. The van der Waals surface area contributed by atoms with Gasteiger partial charge in [-0.1, -0.05) is 38.0 Å². The fraction of sp³-hybridized carbons (Fsp3) is 0.545. The third kappa shape index (κ3) is 3.79. The molecule has 2 atom stereocenters. The summed E-state index contributed by atoms with van der Waals surface area (Å²) in [5.74, 6) is 0.943. The molecule has 1 aromatic rings. The van der Waals surface area contributed by atoms with Crippen LogP contribution in [0.25, 0.3) is 0 Å². The normalized spacial score (nSPS) is 30.3. The smallest absolute Gasteiger partial charge is 0.127 e. The van der Waals surface area contributed by atoms with E-state index in [0.29, 0.717) is 23.0 Å². The second-order valence-electron chi connectivity index (χ2n) is 7.71. The minimum Gasteiger partial charge on any atom is -0.207 e. The van der Waals surface area contributed by atoms with Gasteiger partial charge < -0.3 is 0 Å². The molecule has 3 rings (SSSR count). The predicted molar refractivity (Wildman–Crippen MR) is 96.2 cm³/mol. The summed E-state index contributed by atoms with van der Waals surface area (Å²) in [5.41, 5.74) is 1.11. The van der Waals surface area contributed by atoms with E-state index in [1.54, 1.807) is 0 Å². The highest BCUT2D eigenvalue weighted by molar-refractivity contribution is 5.34. The van der Waals surface area contributed by atoms with E-state index in [1.807, 2.05) is 6.08 Å². The molecule has 2 aliphatic carbocycles. The van der Waals surface area contributed by atoms with Crippen LogP contribution in [0.1, 0.15) is 74.8 Å². The number of allylic oxidation sites excluding steroid dienone is 3. The van der Waals surface area contributed by atoms with E-state index in [4.69, 9.17) is 0 Å². The molecule has 2 heteroatoms. The Kier molecular flexibility index (Phi) is 5.53. The molecule has 2 unspecified atom stereocenters. The Bertz CT molecular complexity index is 609. The molecule has 0 radical (unpaired) electrons. The van der Waals surface area contributed by atoms with E-state index < -0.39 is 0 Å². The summed E-state index contributed by atoms with van der Waals surface area (Å²) in [6.07, 6.45) is 13.2. The lowest BCUT2D eigenvalue weighted by Crippen LogP contribution is -2.14. The van der Waals surface area contributed by atoms with Crippen molar-refractivity contribution in [2.75, 3.05) is 0 Å². The topological polar surface area (TPSA) is 0 Å². The number of benzene rings is 1. The molecule has 0 heterocycles. The lowest BCUT2D eigenvalue weighted by molar-refractivity contribution is 0.341. The van der Waals surface area contributed by atoms with Gasteiger partial charge in [-0.25, -0.2) is 8.78 Å². The van der Waals surface area contributed by atoms with Crippen molar-refractivity contribution in [2.45, 2.75) is 63.7 Å². The first-order valence-electron chi connectivity index (χ1n) is 9.36. The van der Waals surface area contributed by atoms with Crippen LogP contribution in [0, 0.1) is 23.5 Å². The van der Waals surface area contributed by atoms with Gasteiger partial charge in [0, 0.05) is 5.92 Å².